The number of tetrazole rings is 1. The number of hydrogen-bond acceptors (Lipinski definition) is 14. The van der Waals surface area contributed by atoms with Crippen LogP contribution in [0.25, 0.3) is 0 Å². The van der Waals surface area contributed by atoms with Crippen LogP contribution in [-0.4, -0.2) is 125 Å². The van der Waals surface area contributed by atoms with Crippen molar-refractivity contribution < 1.29 is 61.7 Å². The number of ketones is 2. The second kappa shape index (κ2) is 34.2. The third-order valence-electron chi connectivity index (χ3n) is 9.77. The summed E-state index contributed by atoms with van der Waals surface area (Å²) in [7, 11) is -3.85. The second-order valence-electron chi connectivity index (χ2n) is 15.1. The first-order valence-corrected chi connectivity index (χ1v) is 23.3. The van der Waals surface area contributed by atoms with Crippen molar-refractivity contribution in [2.75, 3.05) is 38.7 Å². The molecule has 1 aromatic heterocycles. The minimum absolute atomic E-state index is 0.00827. The van der Waals surface area contributed by atoms with Gasteiger partial charge in [0, 0.05) is 51.5 Å². The van der Waals surface area contributed by atoms with Crippen molar-refractivity contribution in [3.05, 3.63) is 5.82 Å². The molecule has 1 rings (SSSR count). The highest BCUT2D eigenvalue weighted by Gasteiger charge is 2.25. The number of rotatable bonds is 41. The van der Waals surface area contributed by atoms with Crippen molar-refractivity contribution in [2.45, 2.75) is 161 Å². The van der Waals surface area contributed by atoms with E-state index in [1.54, 1.807) is 6.92 Å². The minimum atomic E-state index is -3.85. The smallest absolute Gasteiger partial charge is 0.326 e. The highest BCUT2D eigenvalue weighted by atomic mass is 32.2. The number of ether oxygens (including phenoxy) is 2. The van der Waals surface area contributed by atoms with Gasteiger partial charge in [-0.1, -0.05) is 82.8 Å². The second-order valence-corrected chi connectivity index (χ2v) is 16.9. The Labute approximate surface area is 359 Å². The standard InChI is InChI=1S/C40H69N7O13S/c1-2-32(48)21-22-34(40(55)56)42-37(51)23-20-31(39(53)54)29-33(49)30-60-27-26-59-25-24-41-36(50)19-16-28-61(57,58)45-38(52)18-15-13-11-9-7-5-3-4-6-8-10-12-14-17-35-43-46-47-44-35/h31,34H,2-30H2,1H3,(H,41,50)(H,42,51)(H,45,52)(H,53,54)(H,55,56)(H,43,44,46,47)/t31-,34+/m1/s1. The zero-order valence-electron chi connectivity index (χ0n) is 35.8. The maximum absolute atomic E-state index is 12.3. The number of aryl methyl sites for hydroxylation is 1. The monoisotopic (exact) mass is 887 g/mol. The molecule has 0 unspecified atom stereocenters. The number of aliphatic carboxylic acids is 2. The number of nitrogens with one attached hydrogen (secondary N) is 4. The van der Waals surface area contributed by atoms with Crippen molar-refractivity contribution in [3.63, 3.8) is 0 Å². The predicted molar refractivity (Wildman–Crippen MR) is 222 cm³/mol. The highest BCUT2D eigenvalue weighted by molar-refractivity contribution is 7.90. The lowest BCUT2D eigenvalue weighted by atomic mass is 9.97. The number of H-pyrrole nitrogens is 1. The number of unbranched alkanes of at least 4 members (excludes halogenated alkanes) is 12. The normalized spacial score (nSPS) is 12.3. The summed E-state index contributed by atoms with van der Waals surface area (Å²) in [5, 5.41) is 37.6. The molecule has 0 aliphatic heterocycles. The molecule has 21 heteroatoms. The molecule has 2 atom stereocenters. The van der Waals surface area contributed by atoms with Crippen LogP contribution in [0.3, 0.4) is 0 Å². The molecular weight excluding hydrogens is 819 g/mol. The van der Waals surface area contributed by atoms with Crippen LogP contribution < -0.4 is 15.4 Å². The Bertz CT molecular complexity index is 1540. The first kappa shape index (κ1) is 54.6. The van der Waals surface area contributed by atoms with Crippen LogP contribution in [0.2, 0.25) is 0 Å². The van der Waals surface area contributed by atoms with Crippen LogP contribution in [0.15, 0.2) is 0 Å². The first-order valence-electron chi connectivity index (χ1n) is 21.7. The van der Waals surface area contributed by atoms with E-state index in [1.165, 1.54) is 44.9 Å². The number of carbonyl (C=O) groups is 7. The summed E-state index contributed by atoms with van der Waals surface area (Å²) in [6, 6.07) is -1.29. The number of carbonyl (C=O) groups excluding carboxylic acids is 5. The molecule has 348 valence electrons. The van der Waals surface area contributed by atoms with Gasteiger partial charge in [0.25, 0.3) is 0 Å². The number of nitrogens with zero attached hydrogens (tertiary/aromatic N) is 3. The lowest BCUT2D eigenvalue weighted by Gasteiger charge is -2.15. The number of carboxylic acid groups (broad SMARTS) is 2. The Morgan fingerprint density at radius 3 is 1.87 bits per heavy atom. The fraction of sp³-hybridized carbons (Fsp3) is 0.800. The average Bonchev–Trinajstić information content (AvgIpc) is 3.73. The van der Waals surface area contributed by atoms with Crippen LogP contribution in [0, 0.1) is 5.92 Å². The maximum Gasteiger partial charge on any atom is 0.326 e. The molecule has 0 bridgehead atoms. The molecule has 0 saturated heterocycles. The summed E-state index contributed by atoms with van der Waals surface area (Å²) in [4.78, 5) is 83.2. The fourth-order valence-corrected chi connectivity index (χ4v) is 7.29. The van der Waals surface area contributed by atoms with Gasteiger partial charge in [-0.15, -0.1) is 10.2 Å². The van der Waals surface area contributed by atoms with Crippen molar-refractivity contribution in [3.8, 4) is 0 Å². The van der Waals surface area contributed by atoms with E-state index in [1.807, 2.05) is 0 Å². The van der Waals surface area contributed by atoms with Crippen LogP contribution in [0.4, 0.5) is 0 Å². The van der Waals surface area contributed by atoms with Gasteiger partial charge in [0.05, 0.1) is 31.5 Å². The fourth-order valence-electron chi connectivity index (χ4n) is 6.21. The van der Waals surface area contributed by atoms with Gasteiger partial charge in [0.1, 0.15) is 18.4 Å². The van der Waals surface area contributed by atoms with E-state index in [-0.39, 0.29) is 102 Å². The van der Waals surface area contributed by atoms with Crippen molar-refractivity contribution in [1.29, 1.82) is 0 Å². The summed E-state index contributed by atoms with van der Waals surface area (Å²) in [5.41, 5.74) is 0. The summed E-state index contributed by atoms with van der Waals surface area (Å²) in [5.74, 6) is -5.67. The molecule has 61 heavy (non-hydrogen) atoms. The van der Waals surface area contributed by atoms with E-state index < -0.39 is 57.9 Å². The molecule has 0 aliphatic carbocycles. The largest absolute Gasteiger partial charge is 0.481 e. The van der Waals surface area contributed by atoms with E-state index in [0.717, 1.165) is 44.3 Å². The van der Waals surface area contributed by atoms with Crippen LogP contribution >= 0.6 is 0 Å². The molecule has 6 N–H and O–H groups in total. The Morgan fingerprint density at radius 2 is 1.28 bits per heavy atom. The van der Waals surface area contributed by atoms with Gasteiger partial charge in [-0.25, -0.2) is 13.2 Å². The predicted octanol–water partition coefficient (Wildman–Crippen LogP) is 3.35. The Hall–Kier alpha value is -4.37. The minimum Gasteiger partial charge on any atom is -0.481 e. The molecule has 0 aromatic carbocycles. The zero-order valence-corrected chi connectivity index (χ0v) is 36.6. The number of aromatic nitrogens is 4. The SMILES string of the molecule is CCC(=O)CC[C@H](NC(=O)CC[C@H](CC(=O)COCCOCCNC(=O)CCCS(=O)(=O)NC(=O)CCCCCCCCCCCCCCCc1nn[nH]n1)C(=O)O)C(=O)O. The van der Waals surface area contributed by atoms with Gasteiger partial charge in [0.2, 0.25) is 27.7 Å². The van der Waals surface area contributed by atoms with Crippen LogP contribution in [-0.2, 0) is 59.5 Å². The Morgan fingerprint density at radius 1 is 0.672 bits per heavy atom. The Balaban J connectivity index is 2.02. The molecule has 1 aromatic rings. The maximum atomic E-state index is 12.3. The topological polar surface area (TPSA) is 303 Å². The summed E-state index contributed by atoms with van der Waals surface area (Å²) < 4.78 is 37.2. The van der Waals surface area contributed by atoms with Gasteiger partial charge in [-0.3, -0.25) is 33.5 Å². The Kier molecular flexibility index (Phi) is 30.7. The molecule has 0 spiro atoms. The first-order chi connectivity index (χ1) is 29.2. The third-order valence-corrected chi connectivity index (χ3v) is 11.1. The molecule has 3 amide bonds. The van der Waals surface area contributed by atoms with Crippen molar-refractivity contribution >= 4 is 51.2 Å². The number of carboxylic acids is 2. The van der Waals surface area contributed by atoms with Crippen LogP contribution in [0.1, 0.15) is 154 Å². The number of amides is 3. The molecule has 1 heterocycles. The number of hydrogen-bond donors (Lipinski definition) is 6. The van der Waals surface area contributed by atoms with Crippen LogP contribution in [0.5, 0.6) is 0 Å². The van der Waals surface area contributed by atoms with Gasteiger partial charge in [0.15, 0.2) is 11.6 Å². The van der Waals surface area contributed by atoms with Gasteiger partial charge >= 0.3 is 11.9 Å². The van der Waals surface area contributed by atoms with E-state index in [9.17, 15) is 52.2 Å². The lowest BCUT2D eigenvalue weighted by molar-refractivity contribution is -0.145. The zero-order chi connectivity index (χ0) is 45.1. The van der Waals surface area contributed by atoms with E-state index in [2.05, 4.69) is 36.0 Å². The molecule has 0 aliphatic rings. The summed E-state index contributed by atoms with van der Waals surface area (Å²) in [6.07, 6.45) is 14.6. The van der Waals surface area contributed by atoms with Gasteiger partial charge < -0.3 is 30.3 Å². The van der Waals surface area contributed by atoms with E-state index in [0.29, 0.717) is 6.42 Å². The molecular formula is C40H69N7O13S. The average molecular weight is 888 g/mol. The number of aromatic amines is 1. The van der Waals surface area contributed by atoms with E-state index >= 15 is 0 Å². The molecule has 0 radical (unpaired) electrons. The quantitative estimate of drug-likeness (QED) is 0.0514. The number of sulfonamides is 1. The van der Waals surface area contributed by atoms with Crippen molar-refractivity contribution in [2.24, 2.45) is 5.92 Å². The summed E-state index contributed by atoms with van der Waals surface area (Å²) in [6.45, 7) is 1.60. The lowest BCUT2D eigenvalue weighted by Crippen LogP contribution is -2.41. The molecule has 0 saturated carbocycles. The van der Waals surface area contributed by atoms with Crippen molar-refractivity contribution in [1.82, 2.24) is 36.0 Å². The van der Waals surface area contributed by atoms with Gasteiger partial charge in [-0.2, -0.15) is 5.21 Å². The summed E-state index contributed by atoms with van der Waals surface area (Å²) >= 11 is 0. The third kappa shape index (κ3) is 31.2. The molecule has 20 nitrogen and oxygen atoms in total. The highest BCUT2D eigenvalue weighted by Crippen LogP contribution is 2.15. The molecule has 0 fully saturated rings. The van der Waals surface area contributed by atoms with Gasteiger partial charge in [-0.05, 0) is 32.1 Å². The number of Topliss-reactive ketones (excluding diaryl/α,β-unsaturated/α-hetero) is 2. The van der Waals surface area contributed by atoms with E-state index in [4.69, 9.17) is 9.47 Å².